The summed E-state index contributed by atoms with van der Waals surface area (Å²) in [6, 6.07) is 9.26. The minimum Gasteiger partial charge on any atom is -0.359 e. The Labute approximate surface area is 134 Å². The molecule has 1 heterocycles. The van der Waals surface area contributed by atoms with Crippen molar-refractivity contribution in [2.45, 2.75) is 26.7 Å². The number of thiophene rings is 1. The quantitative estimate of drug-likeness (QED) is 0.890. The lowest BCUT2D eigenvalue weighted by Crippen LogP contribution is -2.19. The summed E-state index contributed by atoms with van der Waals surface area (Å²) in [5.41, 5.74) is 2.81. The fourth-order valence-corrected chi connectivity index (χ4v) is 3.16. The number of benzene rings is 1. The zero-order valence-electron chi connectivity index (χ0n) is 13.0. The van der Waals surface area contributed by atoms with Gasteiger partial charge in [-0.25, -0.2) is 0 Å². The Balaban J connectivity index is 2.03. The van der Waals surface area contributed by atoms with E-state index in [0.717, 1.165) is 22.5 Å². The van der Waals surface area contributed by atoms with Crippen LogP contribution in [0, 0.1) is 6.92 Å². The number of carbonyl (C=O) groups excluding carboxylic acids is 2. The maximum Gasteiger partial charge on any atom is 0.265 e. The van der Waals surface area contributed by atoms with E-state index < -0.39 is 0 Å². The van der Waals surface area contributed by atoms with Gasteiger partial charge in [0.1, 0.15) is 0 Å². The number of rotatable bonds is 5. The van der Waals surface area contributed by atoms with Crippen LogP contribution in [0.15, 0.2) is 30.3 Å². The van der Waals surface area contributed by atoms with Crippen molar-refractivity contribution >= 4 is 28.8 Å². The molecular weight excluding hydrogens is 296 g/mol. The lowest BCUT2D eigenvalue weighted by atomic mass is 10.1. The third-order valence-electron chi connectivity index (χ3n) is 3.42. The van der Waals surface area contributed by atoms with Crippen molar-refractivity contribution < 1.29 is 9.59 Å². The van der Waals surface area contributed by atoms with Gasteiger partial charge in [0.15, 0.2) is 0 Å². The first-order valence-electron chi connectivity index (χ1n) is 7.23. The summed E-state index contributed by atoms with van der Waals surface area (Å²) in [5, 5.41) is 5.48. The average molecular weight is 316 g/mol. The summed E-state index contributed by atoms with van der Waals surface area (Å²) in [6.07, 6.45) is 1.28. The lowest BCUT2D eigenvalue weighted by molar-refractivity contribution is -0.119. The summed E-state index contributed by atoms with van der Waals surface area (Å²) >= 11 is 1.54. The Bertz CT molecular complexity index is 674. The van der Waals surface area contributed by atoms with E-state index in [1.165, 1.54) is 21.8 Å². The van der Waals surface area contributed by atoms with Gasteiger partial charge in [0, 0.05) is 17.6 Å². The van der Waals surface area contributed by atoms with Crippen LogP contribution >= 0.6 is 11.3 Å². The highest BCUT2D eigenvalue weighted by Crippen LogP contribution is 2.23. The highest BCUT2D eigenvalue weighted by atomic mass is 32.1. The number of hydrogen-bond donors (Lipinski definition) is 2. The number of hydrogen-bond acceptors (Lipinski definition) is 3. The van der Waals surface area contributed by atoms with Crippen LogP contribution in [0.25, 0.3) is 0 Å². The van der Waals surface area contributed by atoms with Gasteiger partial charge in [-0.1, -0.05) is 19.1 Å². The normalized spacial score (nSPS) is 10.3. The Hall–Kier alpha value is -2.14. The second kappa shape index (κ2) is 7.22. The van der Waals surface area contributed by atoms with Gasteiger partial charge >= 0.3 is 0 Å². The largest absolute Gasteiger partial charge is 0.359 e. The van der Waals surface area contributed by atoms with Gasteiger partial charge in [0.05, 0.1) is 11.3 Å². The fourth-order valence-electron chi connectivity index (χ4n) is 2.16. The van der Waals surface area contributed by atoms with Crippen molar-refractivity contribution in [3.05, 3.63) is 51.2 Å². The smallest absolute Gasteiger partial charge is 0.265 e. The molecule has 0 bridgehead atoms. The minimum atomic E-state index is -0.0909. The van der Waals surface area contributed by atoms with E-state index in [9.17, 15) is 9.59 Å². The standard InChI is InChI=1S/C17H20N2O2S/c1-4-14-11(2)9-15(22-14)17(21)19-13-7-5-12(6-8-13)10-16(20)18-3/h5-9H,4,10H2,1-3H3,(H,18,20)(H,19,21). The molecule has 116 valence electrons. The molecule has 2 N–H and O–H groups in total. The van der Waals surface area contributed by atoms with Gasteiger partial charge in [-0.2, -0.15) is 0 Å². The molecular formula is C17H20N2O2S. The molecule has 2 rings (SSSR count). The Morgan fingerprint density at radius 3 is 2.41 bits per heavy atom. The number of amides is 2. The van der Waals surface area contributed by atoms with Crippen LogP contribution in [-0.4, -0.2) is 18.9 Å². The number of anilines is 1. The van der Waals surface area contributed by atoms with Crippen molar-refractivity contribution in [3.63, 3.8) is 0 Å². The summed E-state index contributed by atoms with van der Waals surface area (Å²) in [7, 11) is 1.62. The van der Waals surface area contributed by atoms with Crippen LogP contribution in [0.1, 0.15) is 32.6 Å². The second-order valence-electron chi connectivity index (χ2n) is 5.07. The van der Waals surface area contributed by atoms with Gasteiger partial charge < -0.3 is 10.6 Å². The molecule has 1 aromatic carbocycles. The maximum atomic E-state index is 12.2. The Kier molecular flexibility index (Phi) is 5.33. The van der Waals surface area contributed by atoms with Crippen LogP contribution in [0.2, 0.25) is 0 Å². The first-order valence-corrected chi connectivity index (χ1v) is 8.05. The molecule has 0 saturated carbocycles. The lowest BCUT2D eigenvalue weighted by Gasteiger charge is -2.05. The molecule has 0 unspecified atom stereocenters. The summed E-state index contributed by atoms with van der Waals surface area (Å²) in [6.45, 7) is 4.12. The van der Waals surface area contributed by atoms with Crippen LogP contribution in [0.5, 0.6) is 0 Å². The molecule has 0 radical (unpaired) electrons. The third-order valence-corrected chi connectivity index (χ3v) is 4.80. The van der Waals surface area contributed by atoms with E-state index in [-0.39, 0.29) is 11.8 Å². The molecule has 0 saturated heterocycles. The van der Waals surface area contributed by atoms with Crippen molar-refractivity contribution in [1.82, 2.24) is 5.32 Å². The van der Waals surface area contributed by atoms with Crippen LogP contribution in [0.4, 0.5) is 5.69 Å². The fraction of sp³-hybridized carbons (Fsp3) is 0.294. The number of aryl methyl sites for hydroxylation is 2. The van der Waals surface area contributed by atoms with E-state index in [0.29, 0.717) is 6.42 Å². The van der Waals surface area contributed by atoms with Gasteiger partial charge in [-0.05, 0) is 42.7 Å². The van der Waals surface area contributed by atoms with Gasteiger partial charge in [-0.15, -0.1) is 11.3 Å². The molecule has 22 heavy (non-hydrogen) atoms. The third kappa shape index (κ3) is 3.95. The monoisotopic (exact) mass is 316 g/mol. The molecule has 2 aromatic rings. The van der Waals surface area contributed by atoms with Gasteiger partial charge in [0.2, 0.25) is 5.91 Å². The van der Waals surface area contributed by atoms with E-state index >= 15 is 0 Å². The van der Waals surface area contributed by atoms with E-state index in [1.54, 1.807) is 7.05 Å². The maximum absolute atomic E-state index is 12.2. The molecule has 0 aliphatic rings. The summed E-state index contributed by atoms with van der Waals surface area (Å²) in [4.78, 5) is 25.5. The Morgan fingerprint density at radius 1 is 1.18 bits per heavy atom. The first kappa shape index (κ1) is 16.2. The van der Waals surface area contributed by atoms with E-state index in [1.807, 2.05) is 37.3 Å². The van der Waals surface area contributed by atoms with Crippen LogP contribution in [0.3, 0.4) is 0 Å². The predicted octanol–water partition coefficient (Wildman–Crippen LogP) is 3.16. The average Bonchev–Trinajstić information content (AvgIpc) is 2.90. The van der Waals surface area contributed by atoms with Crippen molar-refractivity contribution in [3.8, 4) is 0 Å². The Morgan fingerprint density at radius 2 is 1.86 bits per heavy atom. The van der Waals surface area contributed by atoms with Crippen LogP contribution < -0.4 is 10.6 Å². The zero-order chi connectivity index (χ0) is 16.1. The summed E-state index contributed by atoms with van der Waals surface area (Å²) < 4.78 is 0. The number of likely N-dealkylation sites (N-methyl/N-ethyl adjacent to an activating group) is 1. The van der Waals surface area contributed by atoms with Crippen molar-refractivity contribution in [2.24, 2.45) is 0 Å². The van der Waals surface area contributed by atoms with E-state index in [2.05, 4.69) is 17.6 Å². The van der Waals surface area contributed by atoms with E-state index in [4.69, 9.17) is 0 Å². The SMILES string of the molecule is CCc1sc(C(=O)Nc2ccc(CC(=O)NC)cc2)cc1C. The molecule has 0 aliphatic heterocycles. The van der Waals surface area contributed by atoms with Crippen molar-refractivity contribution in [2.75, 3.05) is 12.4 Å². The molecule has 5 heteroatoms. The molecule has 1 aromatic heterocycles. The van der Waals surface area contributed by atoms with Gasteiger partial charge in [-0.3, -0.25) is 9.59 Å². The molecule has 0 fully saturated rings. The summed E-state index contributed by atoms with van der Waals surface area (Å²) in [5.74, 6) is -0.121. The zero-order valence-corrected chi connectivity index (χ0v) is 13.8. The molecule has 0 aliphatic carbocycles. The highest BCUT2D eigenvalue weighted by Gasteiger charge is 2.12. The van der Waals surface area contributed by atoms with Crippen molar-refractivity contribution in [1.29, 1.82) is 0 Å². The topological polar surface area (TPSA) is 58.2 Å². The predicted molar refractivity (Wildman–Crippen MR) is 90.6 cm³/mol. The number of nitrogens with one attached hydrogen (secondary N) is 2. The van der Waals surface area contributed by atoms with Gasteiger partial charge in [0.25, 0.3) is 5.91 Å². The molecule has 0 spiro atoms. The first-order chi connectivity index (χ1) is 10.5. The second-order valence-corrected chi connectivity index (χ2v) is 6.21. The number of carbonyl (C=O) groups is 2. The minimum absolute atomic E-state index is 0.0297. The molecule has 4 nitrogen and oxygen atoms in total. The highest BCUT2D eigenvalue weighted by molar-refractivity contribution is 7.14. The molecule has 2 amide bonds. The molecule has 0 atom stereocenters. The van der Waals surface area contributed by atoms with Crippen LogP contribution in [-0.2, 0) is 17.6 Å².